The number of aromatic nitrogens is 2. The van der Waals surface area contributed by atoms with Crippen LogP contribution in [0.25, 0.3) is 10.2 Å². The molecule has 1 unspecified atom stereocenters. The van der Waals surface area contributed by atoms with Crippen molar-refractivity contribution in [3.8, 4) is 0 Å². The summed E-state index contributed by atoms with van der Waals surface area (Å²) in [6.45, 7) is 8.38. The van der Waals surface area contributed by atoms with Gasteiger partial charge in [-0.25, -0.2) is 4.98 Å². The number of fused-ring (bicyclic) bond motifs is 3. The van der Waals surface area contributed by atoms with Crippen LogP contribution >= 0.6 is 34.4 Å². The van der Waals surface area contributed by atoms with Gasteiger partial charge in [-0.15, -0.1) is 29.3 Å². The molecule has 0 spiro atoms. The zero-order valence-corrected chi connectivity index (χ0v) is 19.6. The number of aryl methyl sites for hydroxylation is 2. The Morgan fingerprint density at radius 1 is 1.43 bits per heavy atom. The summed E-state index contributed by atoms with van der Waals surface area (Å²) in [6, 6.07) is 4.04. The first-order chi connectivity index (χ1) is 14.5. The third-order valence-electron chi connectivity index (χ3n) is 5.27. The number of allylic oxidation sites excluding steroid dienone is 1. The smallest absolute Gasteiger partial charge is 0.263 e. The van der Waals surface area contributed by atoms with Crippen LogP contribution in [0.5, 0.6) is 0 Å². The lowest BCUT2D eigenvalue weighted by molar-refractivity contribution is -0.119. The molecule has 30 heavy (non-hydrogen) atoms. The van der Waals surface area contributed by atoms with E-state index in [0.29, 0.717) is 17.6 Å². The first-order valence-corrected chi connectivity index (χ1v) is 12.8. The maximum absolute atomic E-state index is 13.2. The Morgan fingerprint density at radius 2 is 2.27 bits per heavy atom. The van der Waals surface area contributed by atoms with Crippen LogP contribution in [-0.2, 0) is 24.2 Å². The van der Waals surface area contributed by atoms with Crippen LogP contribution in [0.2, 0.25) is 0 Å². The van der Waals surface area contributed by atoms with Crippen LogP contribution in [0.3, 0.4) is 0 Å². The third kappa shape index (κ3) is 4.13. The first-order valence-electron chi connectivity index (χ1n) is 10.1. The van der Waals surface area contributed by atoms with Gasteiger partial charge in [0.05, 0.1) is 17.2 Å². The highest BCUT2D eigenvalue weighted by Gasteiger charge is 2.24. The van der Waals surface area contributed by atoms with E-state index < -0.39 is 0 Å². The third-order valence-corrected chi connectivity index (χ3v) is 8.38. The van der Waals surface area contributed by atoms with Crippen molar-refractivity contribution in [2.75, 3.05) is 5.75 Å². The average molecular weight is 460 g/mol. The van der Waals surface area contributed by atoms with E-state index in [1.54, 1.807) is 33.3 Å². The number of amides is 1. The number of carbonyl (C=O) groups excluding carboxylic acids is 1. The number of carbonyl (C=O) groups is 1. The second-order valence-electron chi connectivity index (χ2n) is 7.73. The Morgan fingerprint density at radius 3 is 2.97 bits per heavy atom. The molecular formula is C22H25N3O2S3. The predicted molar refractivity (Wildman–Crippen MR) is 127 cm³/mol. The second kappa shape index (κ2) is 9.08. The minimum Gasteiger partial charge on any atom is -0.347 e. The molecule has 5 nitrogen and oxygen atoms in total. The van der Waals surface area contributed by atoms with Gasteiger partial charge in [0, 0.05) is 16.3 Å². The van der Waals surface area contributed by atoms with Crippen LogP contribution in [0.4, 0.5) is 0 Å². The van der Waals surface area contributed by atoms with Crippen molar-refractivity contribution in [3.63, 3.8) is 0 Å². The van der Waals surface area contributed by atoms with Crippen molar-refractivity contribution in [1.29, 1.82) is 0 Å². The normalized spacial score (nSPS) is 14.2. The molecule has 1 amide bonds. The summed E-state index contributed by atoms with van der Waals surface area (Å²) in [4.78, 5) is 33.9. The van der Waals surface area contributed by atoms with Gasteiger partial charge in [0.15, 0.2) is 5.16 Å². The quantitative estimate of drug-likeness (QED) is 0.299. The fourth-order valence-corrected chi connectivity index (χ4v) is 6.91. The first kappa shape index (κ1) is 21.3. The fraction of sp³-hybridized carbons (Fsp3) is 0.409. The van der Waals surface area contributed by atoms with E-state index in [1.807, 2.05) is 11.4 Å². The molecule has 0 saturated carbocycles. The zero-order chi connectivity index (χ0) is 21.3. The molecule has 1 aliphatic carbocycles. The molecule has 8 heteroatoms. The Bertz CT molecular complexity index is 1130. The van der Waals surface area contributed by atoms with Gasteiger partial charge in [-0.2, -0.15) is 0 Å². The van der Waals surface area contributed by atoms with Gasteiger partial charge < -0.3 is 5.32 Å². The van der Waals surface area contributed by atoms with Crippen LogP contribution in [0.1, 0.15) is 41.6 Å². The minimum atomic E-state index is -0.0553. The molecule has 0 aliphatic heterocycles. The maximum Gasteiger partial charge on any atom is 0.263 e. The highest BCUT2D eigenvalue weighted by atomic mass is 32.2. The molecule has 1 atom stereocenters. The van der Waals surface area contributed by atoms with Crippen LogP contribution in [0.15, 0.2) is 40.1 Å². The predicted octanol–water partition coefficient (Wildman–Crippen LogP) is 4.80. The molecule has 3 aromatic rings. The number of nitrogens with zero attached hydrogens (tertiary/aromatic N) is 2. The van der Waals surface area contributed by atoms with E-state index >= 15 is 0 Å². The monoisotopic (exact) mass is 459 g/mol. The standard InChI is InChI=1S/C22H25N3O2S3/c1-4-10-25-21(27)18-14-7-5-8-15(14)30-20(18)24-22(25)29-12-17(26)23-19(13(2)3)16-9-6-11-28-16/h4,6,9,11,13,19H,1,5,7-8,10,12H2,2-3H3,(H,23,26). The summed E-state index contributed by atoms with van der Waals surface area (Å²) in [7, 11) is 0. The van der Waals surface area contributed by atoms with Crippen molar-refractivity contribution < 1.29 is 4.79 Å². The summed E-state index contributed by atoms with van der Waals surface area (Å²) < 4.78 is 1.65. The van der Waals surface area contributed by atoms with E-state index in [9.17, 15) is 9.59 Å². The van der Waals surface area contributed by atoms with Gasteiger partial charge in [-0.3, -0.25) is 14.2 Å². The van der Waals surface area contributed by atoms with Crippen LogP contribution in [0, 0.1) is 5.92 Å². The number of thiophene rings is 2. The van der Waals surface area contributed by atoms with Crippen molar-refractivity contribution in [2.24, 2.45) is 5.92 Å². The SMILES string of the molecule is C=CCn1c(SCC(=O)NC(c2cccs2)C(C)C)nc2sc3c(c2c1=O)CCC3. The largest absolute Gasteiger partial charge is 0.347 e. The van der Waals surface area contributed by atoms with Gasteiger partial charge in [0.25, 0.3) is 5.56 Å². The average Bonchev–Trinajstić information content (AvgIpc) is 3.44. The molecule has 3 heterocycles. The lowest BCUT2D eigenvalue weighted by Gasteiger charge is -2.21. The van der Waals surface area contributed by atoms with Crippen molar-refractivity contribution in [1.82, 2.24) is 14.9 Å². The molecule has 0 fully saturated rings. The summed E-state index contributed by atoms with van der Waals surface area (Å²) >= 11 is 4.59. The van der Waals surface area contributed by atoms with Gasteiger partial charge >= 0.3 is 0 Å². The highest BCUT2D eigenvalue weighted by Crippen LogP contribution is 2.35. The molecule has 1 aliphatic rings. The molecule has 4 rings (SSSR count). The van der Waals surface area contributed by atoms with E-state index in [-0.39, 0.29) is 23.3 Å². The molecule has 0 aromatic carbocycles. The Labute approximate surface area is 188 Å². The number of hydrogen-bond acceptors (Lipinski definition) is 6. The number of thioether (sulfide) groups is 1. The fourth-order valence-electron chi connectivity index (χ4n) is 3.84. The highest BCUT2D eigenvalue weighted by molar-refractivity contribution is 7.99. The molecular weight excluding hydrogens is 434 g/mol. The van der Waals surface area contributed by atoms with E-state index in [4.69, 9.17) is 4.98 Å². The van der Waals surface area contributed by atoms with E-state index in [1.165, 1.54) is 22.2 Å². The van der Waals surface area contributed by atoms with Crippen LogP contribution < -0.4 is 10.9 Å². The Hall–Kier alpha value is -1.90. The van der Waals surface area contributed by atoms with Gasteiger partial charge in [-0.1, -0.05) is 37.8 Å². The maximum atomic E-state index is 13.2. The topological polar surface area (TPSA) is 64.0 Å². The molecule has 158 valence electrons. The number of hydrogen-bond donors (Lipinski definition) is 1. The summed E-state index contributed by atoms with van der Waals surface area (Å²) in [5.41, 5.74) is 1.16. The lowest BCUT2D eigenvalue weighted by Crippen LogP contribution is -2.32. The minimum absolute atomic E-state index is 0.0100. The van der Waals surface area contributed by atoms with Crippen molar-refractivity contribution in [3.05, 3.63) is 55.8 Å². The van der Waals surface area contributed by atoms with E-state index in [2.05, 4.69) is 31.8 Å². The number of rotatable bonds is 8. The van der Waals surface area contributed by atoms with Gasteiger partial charge in [0.1, 0.15) is 4.83 Å². The number of nitrogens with one attached hydrogen (secondary N) is 1. The zero-order valence-electron chi connectivity index (χ0n) is 17.1. The molecule has 0 bridgehead atoms. The second-order valence-corrected chi connectivity index (χ2v) is 10.7. The van der Waals surface area contributed by atoms with Gasteiger partial charge in [0.2, 0.25) is 5.91 Å². The summed E-state index contributed by atoms with van der Waals surface area (Å²) in [5, 5.41) is 6.51. The molecule has 1 N–H and O–H groups in total. The van der Waals surface area contributed by atoms with Gasteiger partial charge in [-0.05, 0) is 42.2 Å². The summed E-state index contributed by atoms with van der Waals surface area (Å²) in [6.07, 6.45) is 4.79. The Kier molecular flexibility index (Phi) is 6.46. The lowest BCUT2D eigenvalue weighted by atomic mass is 10.0. The molecule has 0 radical (unpaired) electrons. The molecule has 0 saturated heterocycles. The Balaban J connectivity index is 1.56. The molecule has 3 aromatic heterocycles. The van der Waals surface area contributed by atoms with Crippen LogP contribution in [-0.4, -0.2) is 21.2 Å². The summed E-state index contributed by atoms with van der Waals surface area (Å²) in [5.74, 6) is 0.453. The van der Waals surface area contributed by atoms with Crippen molar-refractivity contribution in [2.45, 2.75) is 50.9 Å². The van der Waals surface area contributed by atoms with Crippen molar-refractivity contribution >= 4 is 50.6 Å². The van der Waals surface area contributed by atoms with E-state index in [0.717, 1.165) is 34.4 Å².